The Balaban J connectivity index is 2.43. The first-order chi connectivity index (χ1) is 9.20. The van der Waals surface area contributed by atoms with Crippen LogP contribution < -0.4 is 10.6 Å². The fourth-order valence-electron chi connectivity index (χ4n) is 1.36. The SMILES string of the molecule is CC(C)(C)C(=O)NCCC(=O)Nc1ccc(Br)cc1F. The Morgan fingerprint density at radius 1 is 1.30 bits per heavy atom. The van der Waals surface area contributed by atoms with Crippen LogP contribution in [0.15, 0.2) is 22.7 Å². The zero-order valence-electron chi connectivity index (χ0n) is 11.7. The molecule has 0 bridgehead atoms. The molecule has 1 aromatic carbocycles. The molecule has 2 amide bonds. The minimum atomic E-state index is -0.508. The first kappa shape index (κ1) is 16.6. The third kappa shape index (κ3) is 5.28. The highest BCUT2D eigenvalue weighted by molar-refractivity contribution is 9.10. The average Bonchev–Trinajstić information content (AvgIpc) is 2.31. The summed E-state index contributed by atoms with van der Waals surface area (Å²) in [6, 6.07) is 4.39. The summed E-state index contributed by atoms with van der Waals surface area (Å²) in [7, 11) is 0. The van der Waals surface area contributed by atoms with Crippen LogP contribution in [0.25, 0.3) is 0 Å². The Morgan fingerprint density at radius 2 is 1.95 bits per heavy atom. The van der Waals surface area contributed by atoms with Crippen molar-refractivity contribution in [3.63, 3.8) is 0 Å². The van der Waals surface area contributed by atoms with Gasteiger partial charge in [-0.3, -0.25) is 9.59 Å². The number of hydrogen-bond acceptors (Lipinski definition) is 2. The summed E-state index contributed by atoms with van der Waals surface area (Å²) < 4.78 is 14.1. The maximum Gasteiger partial charge on any atom is 0.226 e. The van der Waals surface area contributed by atoms with Crippen molar-refractivity contribution in [1.82, 2.24) is 5.32 Å². The second kappa shape index (κ2) is 6.83. The van der Waals surface area contributed by atoms with Crippen molar-refractivity contribution >= 4 is 33.4 Å². The van der Waals surface area contributed by atoms with E-state index < -0.39 is 11.2 Å². The molecule has 0 aliphatic heterocycles. The molecule has 0 saturated heterocycles. The van der Waals surface area contributed by atoms with Crippen molar-refractivity contribution in [2.24, 2.45) is 5.41 Å². The van der Waals surface area contributed by atoms with Crippen molar-refractivity contribution in [1.29, 1.82) is 0 Å². The second-order valence-electron chi connectivity index (χ2n) is 5.43. The van der Waals surface area contributed by atoms with E-state index in [1.54, 1.807) is 26.8 Å². The lowest BCUT2D eigenvalue weighted by atomic mass is 9.96. The third-order valence-corrected chi connectivity index (χ3v) is 3.02. The number of rotatable bonds is 4. The zero-order chi connectivity index (χ0) is 15.3. The van der Waals surface area contributed by atoms with Crippen molar-refractivity contribution in [3.8, 4) is 0 Å². The molecule has 0 aromatic heterocycles. The fraction of sp³-hybridized carbons (Fsp3) is 0.429. The van der Waals surface area contributed by atoms with Gasteiger partial charge in [0, 0.05) is 22.9 Å². The molecule has 6 heteroatoms. The normalized spacial score (nSPS) is 11.1. The monoisotopic (exact) mass is 344 g/mol. The van der Waals surface area contributed by atoms with Gasteiger partial charge in [0.15, 0.2) is 0 Å². The summed E-state index contributed by atoms with van der Waals surface area (Å²) in [6.07, 6.45) is 0.0946. The molecule has 0 atom stereocenters. The maximum atomic E-state index is 13.5. The van der Waals surface area contributed by atoms with E-state index in [0.717, 1.165) is 0 Å². The van der Waals surface area contributed by atoms with Crippen LogP contribution in [-0.4, -0.2) is 18.4 Å². The van der Waals surface area contributed by atoms with E-state index in [9.17, 15) is 14.0 Å². The Kier molecular flexibility index (Phi) is 5.68. The minimum absolute atomic E-state index is 0.0946. The van der Waals surface area contributed by atoms with Gasteiger partial charge in [-0.2, -0.15) is 0 Å². The van der Waals surface area contributed by atoms with E-state index in [4.69, 9.17) is 0 Å². The quantitative estimate of drug-likeness (QED) is 0.881. The molecule has 110 valence electrons. The summed E-state index contributed by atoms with van der Waals surface area (Å²) in [5, 5.41) is 5.13. The summed E-state index contributed by atoms with van der Waals surface area (Å²) in [6.45, 7) is 5.60. The molecule has 0 saturated carbocycles. The molecule has 0 spiro atoms. The summed E-state index contributed by atoms with van der Waals surface area (Å²) in [5.74, 6) is -0.980. The van der Waals surface area contributed by atoms with Crippen molar-refractivity contribution in [2.75, 3.05) is 11.9 Å². The van der Waals surface area contributed by atoms with E-state index >= 15 is 0 Å². The zero-order valence-corrected chi connectivity index (χ0v) is 13.3. The first-order valence-corrected chi connectivity index (χ1v) is 7.02. The maximum absolute atomic E-state index is 13.5. The van der Waals surface area contributed by atoms with E-state index in [-0.39, 0.29) is 30.5 Å². The van der Waals surface area contributed by atoms with Crippen molar-refractivity contribution in [2.45, 2.75) is 27.2 Å². The number of nitrogens with one attached hydrogen (secondary N) is 2. The smallest absolute Gasteiger partial charge is 0.226 e. The van der Waals surface area contributed by atoms with E-state index in [1.165, 1.54) is 12.1 Å². The molecule has 0 aliphatic rings. The summed E-state index contributed by atoms with van der Waals surface area (Å²) in [4.78, 5) is 23.2. The number of anilines is 1. The number of amides is 2. The molecule has 0 fully saturated rings. The topological polar surface area (TPSA) is 58.2 Å². The molecule has 4 nitrogen and oxygen atoms in total. The van der Waals surface area contributed by atoms with Gasteiger partial charge in [0.25, 0.3) is 0 Å². The minimum Gasteiger partial charge on any atom is -0.355 e. The molecule has 1 aromatic rings. The van der Waals surface area contributed by atoms with Gasteiger partial charge in [-0.1, -0.05) is 36.7 Å². The largest absolute Gasteiger partial charge is 0.355 e. The fourth-order valence-corrected chi connectivity index (χ4v) is 1.69. The van der Waals surface area contributed by atoms with Crippen LogP contribution in [0, 0.1) is 11.2 Å². The van der Waals surface area contributed by atoms with E-state index in [0.29, 0.717) is 4.47 Å². The number of halogens is 2. The molecule has 2 N–H and O–H groups in total. The number of hydrogen-bond donors (Lipinski definition) is 2. The van der Waals surface area contributed by atoms with Crippen LogP contribution in [0.4, 0.5) is 10.1 Å². The second-order valence-corrected chi connectivity index (χ2v) is 6.34. The Labute approximate surface area is 126 Å². The van der Waals surface area contributed by atoms with Gasteiger partial charge in [0.05, 0.1) is 5.69 Å². The summed E-state index contributed by atoms with van der Waals surface area (Å²) >= 11 is 3.14. The highest BCUT2D eigenvalue weighted by atomic mass is 79.9. The molecular formula is C14H18BrFN2O2. The molecule has 1 rings (SSSR count). The predicted octanol–water partition coefficient (Wildman–Crippen LogP) is 3.08. The van der Waals surface area contributed by atoms with Gasteiger partial charge >= 0.3 is 0 Å². The van der Waals surface area contributed by atoms with Crippen LogP contribution in [-0.2, 0) is 9.59 Å². The number of carbonyl (C=O) groups excluding carboxylic acids is 2. The van der Waals surface area contributed by atoms with E-state index in [1.807, 2.05) is 0 Å². The van der Waals surface area contributed by atoms with Crippen molar-refractivity contribution in [3.05, 3.63) is 28.5 Å². The van der Waals surface area contributed by atoms with Gasteiger partial charge < -0.3 is 10.6 Å². The van der Waals surface area contributed by atoms with Crippen LogP contribution in [0.3, 0.4) is 0 Å². The third-order valence-electron chi connectivity index (χ3n) is 2.52. The van der Waals surface area contributed by atoms with Gasteiger partial charge in [-0.05, 0) is 18.2 Å². The van der Waals surface area contributed by atoms with Crippen molar-refractivity contribution < 1.29 is 14.0 Å². The molecule has 0 heterocycles. The lowest BCUT2D eigenvalue weighted by molar-refractivity contribution is -0.128. The number of carbonyl (C=O) groups is 2. The highest BCUT2D eigenvalue weighted by Gasteiger charge is 2.20. The Hall–Kier alpha value is -1.43. The molecular weight excluding hydrogens is 327 g/mol. The van der Waals surface area contributed by atoms with Crippen LogP contribution in [0.5, 0.6) is 0 Å². The molecule has 20 heavy (non-hydrogen) atoms. The van der Waals surface area contributed by atoms with Gasteiger partial charge in [0.1, 0.15) is 5.82 Å². The first-order valence-electron chi connectivity index (χ1n) is 6.23. The van der Waals surface area contributed by atoms with Gasteiger partial charge in [0.2, 0.25) is 11.8 Å². The lowest BCUT2D eigenvalue weighted by Crippen LogP contribution is -2.36. The van der Waals surface area contributed by atoms with Crippen LogP contribution >= 0.6 is 15.9 Å². The van der Waals surface area contributed by atoms with E-state index in [2.05, 4.69) is 26.6 Å². The predicted molar refractivity (Wildman–Crippen MR) is 79.8 cm³/mol. The van der Waals surface area contributed by atoms with Gasteiger partial charge in [-0.25, -0.2) is 4.39 Å². The summed E-state index contributed by atoms with van der Waals surface area (Å²) in [5.41, 5.74) is -0.366. The number of benzene rings is 1. The standard InChI is InChI=1S/C14H18BrFN2O2/c1-14(2,3)13(20)17-7-6-12(19)18-11-5-4-9(15)8-10(11)16/h4-5,8H,6-7H2,1-3H3,(H,17,20)(H,18,19). The van der Waals surface area contributed by atoms with Crippen LogP contribution in [0.2, 0.25) is 0 Å². The molecule has 0 aliphatic carbocycles. The Bertz CT molecular complexity index is 512. The Morgan fingerprint density at radius 3 is 2.50 bits per heavy atom. The lowest BCUT2D eigenvalue weighted by Gasteiger charge is -2.17. The highest BCUT2D eigenvalue weighted by Crippen LogP contribution is 2.19. The van der Waals surface area contributed by atoms with Gasteiger partial charge in [-0.15, -0.1) is 0 Å². The molecule has 0 unspecified atom stereocenters. The molecule has 0 radical (unpaired) electrons. The van der Waals surface area contributed by atoms with Crippen LogP contribution in [0.1, 0.15) is 27.2 Å². The average molecular weight is 345 g/mol.